The van der Waals surface area contributed by atoms with Crippen LogP contribution >= 0.6 is 0 Å². The van der Waals surface area contributed by atoms with Crippen molar-refractivity contribution in [2.45, 2.75) is 122 Å². The number of hydrogen-bond donors (Lipinski definition) is 1. The molecule has 3 fully saturated rings. The zero-order valence-electron chi connectivity index (χ0n) is 29.5. The van der Waals surface area contributed by atoms with E-state index in [-0.39, 0.29) is 48.4 Å². The molecule has 0 bridgehead atoms. The minimum Gasteiger partial charge on any atom is -0.465 e. The van der Waals surface area contributed by atoms with E-state index in [1.807, 2.05) is 34.6 Å². The fourth-order valence-corrected chi connectivity index (χ4v) is 6.52. The summed E-state index contributed by atoms with van der Waals surface area (Å²) in [6.07, 6.45) is 6.69. The van der Waals surface area contributed by atoms with Gasteiger partial charge >= 0.3 is 18.2 Å². The van der Waals surface area contributed by atoms with Crippen molar-refractivity contribution in [3.63, 3.8) is 0 Å². The van der Waals surface area contributed by atoms with Gasteiger partial charge in [0.1, 0.15) is 23.4 Å². The minimum absolute atomic E-state index is 0.114. The number of carbonyl (C=O) groups is 4. The average Bonchev–Trinajstić information content (AvgIpc) is 3.03. The van der Waals surface area contributed by atoms with Crippen LogP contribution in [0.25, 0.3) is 0 Å². The molecule has 48 heavy (non-hydrogen) atoms. The number of hydrogen-bond acceptors (Lipinski definition) is 10. The number of ether oxygens (including phenoxy) is 3. The highest BCUT2D eigenvalue weighted by Crippen LogP contribution is 2.29. The van der Waals surface area contributed by atoms with Crippen LogP contribution in [-0.2, 0) is 23.8 Å². The molecule has 0 spiro atoms. The van der Waals surface area contributed by atoms with E-state index in [0.717, 1.165) is 31.6 Å². The van der Waals surface area contributed by atoms with Gasteiger partial charge in [-0.25, -0.2) is 14.6 Å². The molecular formula is C35H55N5O8. The second kappa shape index (κ2) is 16.6. The average molecular weight is 674 g/mol. The van der Waals surface area contributed by atoms with Crippen LogP contribution < -0.4 is 10.5 Å². The molecule has 0 saturated carbocycles. The van der Waals surface area contributed by atoms with E-state index in [1.165, 1.54) is 6.42 Å². The van der Waals surface area contributed by atoms with E-state index < -0.39 is 17.2 Å². The summed E-state index contributed by atoms with van der Waals surface area (Å²) < 4.78 is 16.6. The lowest BCUT2D eigenvalue weighted by Gasteiger charge is -2.34. The Hall–Kier alpha value is -3.64. The first-order chi connectivity index (χ1) is 22.7. The molecule has 0 aliphatic carbocycles. The normalized spacial score (nSPS) is 18.4. The molecule has 0 atom stereocenters. The number of unbranched alkanes of at least 4 members (excludes halogenated alkanes) is 1. The second-order valence-electron chi connectivity index (χ2n) is 15.0. The lowest BCUT2D eigenvalue weighted by atomic mass is 9.91. The topological polar surface area (TPSA) is 151 Å². The number of rotatable bonds is 11. The second-order valence-corrected chi connectivity index (χ2v) is 15.0. The minimum atomic E-state index is -0.695. The van der Waals surface area contributed by atoms with Crippen LogP contribution in [0.15, 0.2) is 10.9 Å². The number of esters is 1. The summed E-state index contributed by atoms with van der Waals surface area (Å²) in [7, 11) is 0. The van der Waals surface area contributed by atoms with Gasteiger partial charge in [-0.1, -0.05) is 0 Å². The number of likely N-dealkylation sites (tertiary alicyclic amines) is 2. The highest BCUT2D eigenvalue weighted by molar-refractivity contribution is 5.96. The summed E-state index contributed by atoms with van der Waals surface area (Å²) in [4.78, 5) is 75.7. The van der Waals surface area contributed by atoms with Gasteiger partial charge in [-0.2, -0.15) is 0 Å². The van der Waals surface area contributed by atoms with Crippen LogP contribution in [0.2, 0.25) is 0 Å². The van der Waals surface area contributed by atoms with E-state index in [1.54, 1.807) is 15.9 Å². The summed E-state index contributed by atoms with van der Waals surface area (Å²) in [6, 6.07) is 1.59. The summed E-state index contributed by atoms with van der Waals surface area (Å²) in [5.41, 5.74) is -0.616. The van der Waals surface area contributed by atoms with Gasteiger partial charge in [0.15, 0.2) is 0 Å². The summed E-state index contributed by atoms with van der Waals surface area (Å²) in [6.45, 7) is 13.1. The monoisotopic (exact) mass is 673 g/mol. The van der Waals surface area contributed by atoms with Crippen molar-refractivity contribution in [1.29, 1.82) is 0 Å². The Balaban J connectivity index is 1.10. The number of nitrogens with one attached hydrogen (secondary N) is 1. The molecule has 0 unspecified atom stereocenters. The maximum atomic E-state index is 13.0. The summed E-state index contributed by atoms with van der Waals surface area (Å²) in [5, 5.41) is 0. The maximum absolute atomic E-state index is 13.0. The number of aromatic amines is 1. The van der Waals surface area contributed by atoms with E-state index in [9.17, 15) is 24.0 Å². The largest absolute Gasteiger partial charge is 0.465 e. The number of H-pyrrole nitrogens is 1. The maximum Gasteiger partial charge on any atom is 0.410 e. The molecule has 1 N–H and O–H groups in total. The molecule has 268 valence electrons. The number of piperidine rings is 3. The zero-order valence-corrected chi connectivity index (χ0v) is 29.5. The van der Waals surface area contributed by atoms with Crippen LogP contribution in [0.1, 0.15) is 117 Å². The molecule has 13 heteroatoms. The van der Waals surface area contributed by atoms with Gasteiger partial charge in [0.2, 0.25) is 5.95 Å². The van der Waals surface area contributed by atoms with Gasteiger partial charge in [-0.3, -0.25) is 19.4 Å². The molecule has 4 rings (SSSR count). The van der Waals surface area contributed by atoms with Gasteiger partial charge < -0.3 is 28.9 Å². The number of carbonyl (C=O) groups excluding carboxylic acids is 4. The van der Waals surface area contributed by atoms with Crippen LogP contribution in [0.5, 0.6) is 0 Å². The molecule has 4 heterocycles. The third-order valence-corrected chi connectivity index (χ3v) is 9.30. The lowest BCUT2D eigenvalue weighted by molar-refractivity contribution is -0.147. The number of Topliss-reactive ketones (excluding diaryl/α,β-unsaturated/α-hetero) is 1. The van der Waals surface area contributed by atoms with E-state index >= 15 is 0 Å². The van der Waals surface area contributed by atoms with E-state index in [0.29, 0.717) is 77.1 Å². The van der Waals surface area contributed by atoms with Crippen molar-refractivity contribution in [1.82, 2.24) is 19.8 Å². The number of aromatic nitrogens is 2. The third-order valence-electron chi connectivity index (χ3n) is 9.30. The third kappa shape index (κ3) is 11.5. The first-order valence-electron chi connectivity index (χ1n) is 17.7. The molecule has 0 radical (unpaired) electrons. The smallest absolute Gasteiger partial charge is 0.410 e. The Labute approximate surface area is 284 Å². The molecular weight excluding hydrogens is 618 g/mol. The predicted molar refractivity (Wildman–Crippen MR) is 180 cm³/mol. The Morgan fingerprint density at radius 1 is 0.833 bits per heavy atom. The SMILES string of the molecule is CC(C)(C)OC(=O)N1CCC(C(=O)CC(=O)OCCCCC(C)(C)OC(=O)N2CCC(c3cc(=O)[nH]c(N4CCCCC4)n3)CC2)CC1. The highest BCUT2D eigenvalue weighted by atomic mass is 16.6. The van der Waals surface area contributed by atoms with Crippen molar-refractivity contribution >= 4 is 29.9 Å². The fraction of sp³-hybridized carbons (Fsp3) is 0.771. The fourth-order valence-electron chi connectivity index (χ4n) is 6.52. The van der Waals surface area contributed by atoms with Crippen molar-refractivity contribution in [2.75, 3.05) is 50.8 Å². The van der Waals surface area contributed by atoms with Gasteiger partial charge in [-0.05, 0) is 98.8 Å². The summed E-state index contributed by atoms with van der Waals surface area (Å²) in [5.74, 6) is -0.200. The van der Waals surface area contributed by atoms with Gasteiger partial charge in [0.05, 0.1) is 12.3 Å². The highest BCUT2D eigenvalue weighted by Gasteiger charge is 2.32. The molecule has 2 amide bonds. The molecule has 1 aromatic heterocycles. The molecule has 3 saturated heterocycles. The van der Waals surface area contributed by atoms with Crippen LogP contribution in [0, 0.1) is 5.92 Å². The van der Waals surface area contributed by atoms with Crippen LogP contribution in [-0.4, -0.2) is 101 Å². The molecule has 13 nitrogen and oxygen atoms in total. The standard InChI is InChI=1S/C35H55N5O8/c1-34(2,3)47-32(44)39-20-13-26(14-21-39)28(41)24-30(43)46-22-10-7-15-35(4,5)48-33(45)40-18-11-25(12-19-40)27-23-29(42)37-31(36-27)38-16-8-6-9-17-38/h23,25-26H,6-22,24H2,1-5H3,(H,36,37,42). The first-order valence-corrected chi connectivity index (χ1v) is 17.7. The van der Waals surface area contributed by atoms with Crippen molar-refractivity contribution in [3.05, 3.63) is 22.1 Å². The van der Waals surface area contributed by atoms with E-state index in [4.69, 9.17) is 19.2 Å². The Morgan fingerprint density at radius 2 is 1.44 bits per heavy atom. The number of anilines is 1. The molecule has 0 aromatic carbocycles. The van der Waals surface area contributed by atoms with Crippen molar-refractivity contribution in [2.24, 2.45) is 5.92 Å². The van der Waals surface area contributed by atoms with E-state index in [2.05, 4.69) is 9.88 Å². The van der Waals surface area contributed by atoms with Crippen molar-refractivity contribution < 1.29 is 33.4 Å². The van der Waals surface area contributed by atoms with Crippen LogP contribution in [0.4, 0.5) is 15.5 Å². The lowest BCUT2D eigenvalue weighted by Crippen LogP contribution is -2.43. The number of ketones is 1. The molecule has 1 aromatic rings. The number of amides is 2. The Morgan fingerprint density at radius 3 is 2.06 bits per heavy atom. The van der Waals surface area contributed by atoms with Crippen molar-refractivity contribution in [3.8, 4) is 0 Å². The zero-order chi connectivity index (χ0) is 34.9. The van der Waals surface area contributed by atoms with Gasteiger partial charge in [0, 0.05) is 57.2 Å². The van der Waals surface area contributed by atoms with Crippen LogP contribution in [0.3, 0.4) is 0 Å². The number of nitrogens with zero attached hydrogens (tertiary/aromatic N) is 4. The molecule has 3 aliphatic heterocycles. The molecule has 3 aliphatic rings. The Bertz CT molecular complexity index is 1320. The van der Waals surface area contributed by atoms with Gasteiger partial charge in [-0.15, -0.1) is 0 Å². The quantitative estimate of drug-likeness (QED) is 0.144. The summed E-state index contributed by atoms with van der Waals surface area (Å²) >= 11 is 0. The predicted octanol–water partition coefficient (Wildman–Crippen LogP) is 5.17. The Kier molecular flexibility index (Phi) is 12.9. The first kappa shape index (κ1) is 37.2. The van der Waals surface area contributed by atoms with Gasteiger partial charge in [0.25, 0.3) is 5.56 Å².